The molecule has 6 heteroatoms. The molecule has 6 nitrogen and oxygen atoms in total. The van der Waals surface area contributed by atoms with Gasteiger partial charge in [0.05, 0.1) is 12.1 Å². The van der Waals surface area contributed by atoms with E-state index >= 15 is 0 Å². The maximum absolute atomic E-state index is 12.1. The van der Waals surface area contributed by atoms with Gasteiger partial charge < -0.3 is 20.1 Å². The van der Waals surface area contributed by atoms with Crippen molar-refractivity contribution in [1.29, 1.82) is 0 Å². The smallest absolute Gasteiger partial charge is 0.407 e. The van der Waals surface area contributed by atoms with Gasteiger partial charge in [-0.15, -0.1) is 13.2 Å². The summed E-state index contributed by atoms with van der Waals surface area (Å²) in [5.74, 6) is -0.136. The molecule has 0 fully saturated rings. The van der Waals surface area contributed by atoms with E-state index in [1.807, 2.05) is 37.3 Å². The Bertz CT molecular complexity index is 588. The Morgan fingerprint density at radius 2 is 1.88 bits per heavy atom. The SMILES string of the molecule is C=CC(C)N(C[C@@H](NC(=O)OCc1ccccc1)[C@@H](C)C=C)C(=O)O. The number of benzene rings is 1. The number of hydrogen-bond acceptors (Lipinski definition) is 3. The highest BCUT2D eigenvalue weighted by atomic mass is 16.5. The van der Waals surface area contributed by atoms with Crippen molar-refractivity contribution >= 4 is 12.2 Å². The van der Waals surface area contributed by atoms with Gasteiger partial charge in [-0.05, 0) is 18.4 Å². The fourth-order valence-corrected chi connectivity index (χ4v) is 2.18. The zero-order valence-corrected chi connectivity index (χ0v) is 14.7. The topological polar surface area (TPSA) is 78.9 Å². The number of carbonyl (C=O) groups is 2. The van der Waals surface area contributed by atoms with Gasteiger partial charge in [-0.3, -0.25) is 0 Å². The second-order valence-electron chi connectivity index (χ2n) is 5.82. The van der Waals surface area contributed by atoms with Crippen LogP contribution in [0.2, 0.25) is 0 Å². The summed E-state index contributed by atoms with van der Waals surface area (Å²) >= 11 is 0. The zero-order chi connectivity index (χ0) is 18.8. The predicted octanol–water partition coefficient (Wildman–Crippen LogP) is 3.66. The standard InChI is InChI=1S/C19H26N2O4/c1-5-14(3)17(12-21(19(23)24)15(4)6-2)20-18(22)25-13-16-10-8-7-9-11-16/h5-11,14-15,17H,1-2,12-13H2,3-4H3,(H,20,22)(H,23,24)/t14-,15?,17+/m0/s1. The highest BCUT2D eigenvalue weighted by Gasteiger charge is 2.26. The van der Waals surface area contributed by atoms with E-state index in [4.69, 9.17) is 4.74 Å². The molecule has 0 spiro atoms. The molecule has 1 aromatic carbocycles. The van der Waals surface area contributed by atoms with E-state index in [0.717, 1.165) is 5.56 Å². The molecule has 0 heterocycles. The number of rotatable bonds is 9. The summed E-state index contributed by atoms with van der Waals surface area (Å²) in [6, 6.07) is 8.48. The summed E-state index contributed by atoms with van der Waals surface area (Å²) in [7, 11) is 0. The third kappa shape index (κ3) is 6.71. The molecule has 1 rings (SSSR count). The second-order valence-corrected chi connectivity index (χ2v) is 5.82. The molecular weight excluding hydrogens is 320 g/mol. The quantitative estimate of drug-likeness (QED) is 0.669. The van der Waals surface area contributed by atoms with E-state index in [9.17, 15) is 14.7 Å². The first-order valence-electron chi connectivity index (χ1n) is 8.11. The maximum atomic E-state index is 12.1. The predicted molar refractivity (Wildman–Crippen MR) is 97.3 cm³/mol. The minimum absolute atomic E-state index is 0.107. The van der Waals surface area contributed by atoms with E-state index in [2.05, 4.69) is 18.5 Å². The van der Waals surface area contributed by atoms with Crippen LogP contribution < -0.4 is 5.32 Å². The summed E-state index contributed by atoms with van der Waals surface area (Å²) < 4.78 is 5.21. The summed E-state index contributed by atoms with van der Waals surface area (Å²) in [5, 5.41) is 12.1. The van der Waals surface area contributed by atoms with Crippen molar-refractivity contribution in [3.63, 3.8) is 0 Å². The molecule has 0 bridgehead atoms. The molecule has 0 aromatic heterocycles. The molecule has 0 saturated heterocycles. The van der Waals surface area contributed by atoms with Gasteiger partial charge in [0.15, 0.2) is 0 Å². The maximum Gasteiger partial charge on any atom is 0.407 e. The van der Waals surface area contributed by atoms with Gasteiger partial charge >= 0.3 is 12.2 Å². The highest BCUT2D eigenvalue weighted by Crippen LogP contribution is 2.11. The van der Waals surface area contributed by atoms with Crippen LogP contribution in [0.4, 0.5) is 9.59 Å². The summed E-state index contributed by atoms with van der Waals surface area (Å²) in [6.45, 7) is 11.2. The lowest BCUT2D eigenvalue weighted by atomic mass is 10.0. The molecule has 25 heavy (non-hydrogen) atoms. The molecule has 1 aromatic rings. The number of nitrogens with one attached hydrogen (secondary N) is 1. The van der Waals surface area contributed by atoms with Crippen LogP contribution in [-0.2, 0) is 11.3 Å². The van der Waals surface area contributed by atoms with Crippen LogP contribution in [0.3, 0.4) is 0 Å². The van der Waals surface area contributed by atoms with E-state index in [-0.39, 0.29) is 25.1 Å². The van der Waals surface area contributed by atoms with E-state index in [0.29, 0.717) is 0 Å². The van der Waals surface area contributed by atoms with Crippen LogP contribution in [0.15, 0.2) is 55.6 Å². The Hall–Kier alpha value is -2.76. The molecule has 0 aliphatic carbocycles. The van der Waals surface area contributed by atoms with Gasteiger partial charge in [-0.2, -0.15) is 0 Å². The van der Waals surface area contributed by atoms with Crippen LogP contribution in [0.5, 0.6) is 0 Å². The van der Waals surface area contributed by atoms with Crippen LogP contribution in [-0.4, -0.2) is 40.8 Å². The third-order valence-corrected chi connectivity index (χ3v) is 3.99. The van der Waals surface area contributed by atoms with Crippen molar-refractivity contribution in [2.45, 2.75) is 32.5 Å². The van der Waals surface area contributed by atoms with Crippen molar-refractivity contribution < 1.29 is 19.4 Å². The Morgan fingerprint density at radius 1 is 1.24 bits per heavy atom. The van der Waals surface area contributed by atoms with Gasteiger partial charge in [-0.1, -0.05) is 49.4 Å². The van der Waals surface area contributed by atoms with Gasteiger partial charge in [0.2, 0.25) is 0 Å². The Morgan fingerprint density at radius 3 is 2.40 bits per heavy atom. The van der Waals surface area contributed by atoms with Gasteiger partial charge in [0.25, 0.3) is 0 Å². The summed E-state index contributed by atoms with van der Waals surface area (Å²) in [6.07, 6.45) is 1.53. The fourth-order valence-electron chi connectivity index (χ4n) is 2.18. The van der Waals surface area contributed by atoms with Crippen LogP contribution in [0, 0.1) is 5.92 Å². The van der Waals surface area contributed by atoms with Gasteiger partial charge in [-0.25, -0.2) is 9.59 Å². The van der Waals surface area contributed by atoms with Gasteiger partial charge in [0.1, 0.15) is 6.61 Å². The fraction of sp³-hybridized carbons (Fsp3) is 0.368. The average molecular weight is 346 g/mol. The number of amides is 2. The molecule has 2 amide bonds. The molecule has 136 valence electrons. The molecule has 1 unspecified atom stereocenters. The zero-order valence-electron chi connectivity index (χ0n) is 14.7. The number of ether oxygens (including phenoxy) is 1. The average Bonchev–Trinajstić information content (AvgIpc) is 2.62. The first-order valence-corrected chi connectivity index (χ1v) is 8.11. The molecule has 0 radical (unpaired) electrons. The lowest BCUT2D eigenvalue weighted by molar-refractivity contribution is 0.114. The van der Waals surface area contributed by atoms with E-state index in [1.54, 1.807) is 13.0 Å². The van der Waals surface area contributed by atoms with Crippen molar-refractivity contribution in [1.82, 2.24) is 10.2 Å². The van der Waals surface area contributed by atoms with E-state index < -0.39 is 18.2 Å². The highest BCUT2D eigenvalue weighted by molar-refractivity contribution is 5.68. The largest absolute Gasteiger partial charge is 0.465 e. The monoisotopic (exact) mass is 346 g/mol. The molecule has 0 aliphatic heterocycles. The Kier molecular flexibility index (Phi) is 8.26. The minimum Gasteiger partial charge on any atom is -0.465 e. The van der Waals surface area contributed by atoms with E-state index in [1.165, 1.54) is 11.0 Å². The summed E-state index contributed by atoms with van der Waals surface area (Å²) in [5.41, 5.74) is 0.874. The van der Waals surface area contributed by atoms with Crippen molar-refractivity contribution in [2.75, 3.05) is 6.54 Å². The lowest BCUT2D eigenvalue weighted by Gasteiger charge is -2.31. The number of alkyl carbamates (subject to hydrolysis) is 1. The second kappa shape index (κ2) is 10.2. The molecule has 0 aliphatic rings. The number of nitrogens with zero attached hydrogens (tertiary/aromatic N) is 1. The Balaban J connectivity index is 2.71. The molecule has 3 atom stereocenters. The molecule has 0 saturated carbocycles. The lowest BCUT2D eigenvalue weighted by Crippen LogP contribution is -2.50. The molecule has 2 N–H and O–H groups in total. The number of carboxylic acid groups (broad SMARTS) is 1. The van der Waals surface area contributed by atoms with Gasteiger partial charge in [0, 0.05) is 6.54 Å². The van der Waals surface area contributed by atoms with Crippen LogP contribution in [0.1, 0.15) is 19.4 Å². The Labute approximate surface area is 148 Å². The van der Waals surface area contributed by atoms with Crippen LogP contribution >= 0.6 is 0 Å². The summed E-state index contributed by atoms with van der Waals surface area (Å²) in [4.78, 5) is 24.8. The first kappa shape index (κ1) is 20.3. The van der Waals surface area contributed by atoms with Crippen molar-refractivity contribution in [2.24, 2.45) is 5.92 Å². The van der Waals surface area contributed by atoms with Crippen LogP contribution in [0.25, 0.3) is 0 Å². The van der Waals surface area contributed by atoms with Crippen molar-refractivity contribution in [3.05, 3.63) is 61.2 Å². The number of carbonyl (C=O) groups excluding carboxylic acids is 1. The molecular formula is C19H26N2O4. The third-order valence-electron chi connectivity index (χ3n) is 3.99. The normalized spacial score (nSPS) is 13.8. The van der Waals surface area contributed by atoms with Crippen molar-refractivity contribution in [3.8, 4) is 0 Å². The first-order chi connectivity index (χ1) is 11.9. The minimum atomic E-state index is -1.08. The number of hydrogen-bond donors (Lipinski definition) is 2.